The topological polar surface area (TPSA) is 32.3 Å². The molecule has 0 spiro atoms. The van der Waals surface area contributed by atoms with Gasteiger partial charge in [0.15, 0.2) is 0 Å². The van der Waals surface area contributed by atoms with Crippen molar-refractivity contribution in [2.45, 2.75) is 19.1 Å². The average molecular weight is 281 g/mol. The molecule has 0 aliphatic carbocycles. The van der Waals surface area contributed by atoms with Crippen molar-refractivity contribution in [1.82, 2.24) is 0 Å². The van der Waals surface area contributed by atoms with Crippen molar-refractivity contribution in [3.63, 3.8) is 0 Å². The molecule has 106 valence electrons. The molecule has 0 heterocycles. The van der Waals surface area contributed by atoms with Crippen LogP contribution in [0, 0.1) is 0 Å². The Morgan fingerprint density at radius 3 is 2.20 bits per heavy atom. The number of aromatic hydroxyl groups is 1. The summed E-state index contributed by atoms with van der Waals surface area (Å²) in [6, 6.07) is 11.2. The van der Waals surface area contributed by atoms with Gasteiger partial charge in [-0.25, -0.2) is 0 Å². The van der Waals surface area contributed by atoms with Crippen molar-refractivity contribution in [2.75, 3.05) is 5.32 Å². The first kappa shape index (κ1) is 14.2. The lowest BCUT2D eigenvalue weighted by molar-refractivity contribution is -0.138. The number of phenolic OH excluding ortho intramolecular Hbond substituents is 1. The molecule has 0 radical (unpaired) electrons. The number of anilines is 1. The first-order valence-electron chi connectivity index (χ1n) is 6.09. The Hall–Kier alpha value is -2.17. The van der Waals surface area contributed by atoms with Gasteiger partial charge in [0.2, 0.25) is 0 Å². The minimum absolute atomic E-state index is 0.110. The van der Waals surface area contributed by atoms with Crippen LogP contribution in [-0.4, -0.2) is 5.11 Å². The van der Waals surface area contributed by atoms with E-state index in [4.69, 9.17) is 0 Å². The molecular weight excluding hydrogens is 267 g/mol. The van der Waals surface area contributed by atoms with Gasteiger partial charge in [0.05, 0.1) is 5.56 Å². The van der Waals surface area contributed by atoms with Crippen molar-refractivity contribution in [1.29, 1.82) is 0 Å². The number of hydrogen-bond donors (Lipinski definition) is 2. The molecule has 0 amide bonds. The zero-order valence-corrected chi connectivity index (χ0v) is 10.8. The van der Waals surface area contributed by atoms with E-state index in [1.807, 2.05) is 0 Å². The van der Waals surface area contributed by atoms with Crippen LogP contribution in [0.3, 0.4) is 0 Å². The molecule has 0 fully saturated rings. The Labute approximate surface area is 114 Å². The van der Waals surface area contributed by atoms with Gasteiger partial charge in [-0.05, 0) is 42.8 Å². The molecule has 0 aliphatic rings. The largest absolute Gasteiger partial charge is 0.508 e. The predicted molar refractivity (Wildman–Crippen MR) is 71.6 cm³/mol. The minimum Gasteiger partial charge on any atom is -0.508 e. The molecule has 1 atom stereocenters. The number of rotatable bonds is 3. The molecule has 0 bridgehead atoms. The van der Waals surface area contributed by atoms with Crippen LogP contribution in [0.25, 0.3) is 0 Å². The number of hydrogen-bond acceptors (Lipinski definition) is 2. The number of nitrogens with one attached hydrogen (secondary N) is 1. The Morgan fingerprint density at radius 2 is 1.60 bits per heavy atom. The van der Waals surface area contributed by atoms with Gasteiger partial charge in [-0.2, -0.15) is 13.2 Å². The summed E-state index contributed by atoms with van der Waals surface area (Å²) >= 11 is 0. The highest BCUT2D eigenvalue weighted by Gasteiger charge is 2.34. The molecule has 2 aromatic rings. The Kier molecular flexibility index (Phi) is 3.88. The summed E-state index contributed by atoms with van der Waals surface area (Å²) in [5.41, 5.74) is 0.194. The summed E-state index contributed by atoms with van der Waals surface area (Å²) in [6.07, 6.45) is -4.37. The van der Waals surface area contributed by atoms with Crippen molar-refractivity contribution in [3.05, 3.63) is 59.7 Å². The van der Waals surface area contributed by atoms with Gasteiger partial charge in [-0.1, -0.05) is 18.2 Å². The Morgan fingerprint density at radius 1 is 1.00 bits per heavy atom. The van der Waals surface area contributed by atoms with E-state index in [1.54, 1.807) is 25.1 Å². The fraction of sp³-hybridized carbons (Fsp3) is 0.200. The summed E-state index contributed by atoms with van der Waals surface area (Å²) in [7, 11) is 0. The van der Waals surface area contributed by atoms with Gasteiger partial charge in [0.25, 0.3) is 0 Å². The summed E-state index contributed by atoms with van der Waals surface area (Å²) in [4.78, 5) is 0. The SMILES string of the molecule is CC(Nc1ccc(O)cc1)c1ccccc1C(F)(F)F. The van der Waals surface area contributed by atoms with Crippen LogP contribution in [0.15, 0.2) is 48.5 Å². The Bertz CT molecular complexity index is 578. The Balaban J connectivity index is 2.25. The van der Waals surface area contributed by atoms with Crippen LogP contribution in [-0.2, 0) is 6.18 Å². The summed E-state index contributed by atoms with van der Waals surface area (Å²) in [5, 5.41) is 12.2. The second-order valence-electron chi connectivity index (χ2n) is 4.50. The molecule has 2 aromatic carbocycles. The molecule has 1 unspecified atom stereocenters. The van der Waals surface area contributed by atoms with E-state index in [9.17, 15) is 18.3 Å². The zero-order chi connectivity index (χ0) is 14.8. The standard InChI is InChI=1S/C15H14F3NO/c1-10(19-11-6-8-12(20)9-7-11)13-4-2-3-5-14(13)15(16,17)18/h2-10,19-20H,1H3. The lowest BCUT2D eigenvalue weighted by Crippen LogP contribution is -2.15. The third-order valence-corrected chi connectivity index (χ3v) is 2.98. The van der Waals surface area contributed by atoms with Crippen LogP contribution >= 0.6 is 0 Å². The molecule has 0 saturated heterocycles. The number of phenols is 1. The number of halogens is 3. The third kappa shape index (κ3) is 3.23. The first-order chi connectivity index (χ1) is 9.38. The van der Waals surface area contributed by atoms with Gasteiger partial charge in [-0.15, -0.1) is 0 Å². The van der Waals surface area contributed by atoms with E-state index >= 15 is 0 Å². The van der Waals surface area contributed by atoms with Gasteiger partial charge in [-0.3, -0.25) is 0 Å². The van der Waals surface area contributed by atoms with E-state index in [1.165, 1.54) is 24.3 Å². The molecule has 0 aliphatic heterocycles. The fourth-order valence-electron chi connectivity index (χ4n) is 2.02. The zero-order valence-electron chi connectivity index (χ0n) is 10.8. The quantitative estimate of drug-likeness (QED) is 0.807. The van der Waals surface area contributed by atoms with Gasteiger partial charge >= 0.3 is 6.18 Å². The lowest BCUT2D eigenvalue weighted by Gasteiger charge is -2.20. The predicted octanol–water partition coefficient (Wildman–Crippen LogP) is 4.58. The smallest absolute Gasteiger partial charge is 0.416 e. The molecule has 0 saturated carbocycles. The van der Waals surface area contributed by atoms with Crippen LogP contribution < -0.4 is 5.32 Å². The highest BCUT2D eigenvalue weighted by Crippen LogP contribution is 2.35. The normalized spacial score (nSPS) is 13.0. The molecular formula is C15H14F3NO. The van der Waals surface area contributed by atoms with Crippen molar-refractivity contribution in [3.8, 4) is 5.75 Å². The molecule has 0 aromatic heterocycles. The number of benzene rings is 2. The van der Waals surface area contributed by atoms with Gasteiger partial charge < -0.3 is 10.4 Å². The average Bonchev–Trinajstić information content (AvgIpc) is 2.40. The van der Waals surface area contributed by atoms with Crippen LogP contribution in [0.4, 0.5) is 18.9 Å². The van der Waals surface area contributed by atoms with Crippen LogP contribution in [0.1, 0.15) is 24.1 Å². The lowest BCUT2D eigenvalue weighted by atomic mass is 10.0. The van der Waals surface area contributed by atoms with E-state index in [0.717, 1.165) is 6.07 Å². The summed E-state index contributed by atoms with van der Waals surface area (Å²) in [6.45, 7) is 1.66. The second-order valence-corrected chi connectivity index (χ2v) is 4.50. The molecule has 5 heteroatoms. The second kappa shape index (κ2) is 5.45. The van der Waals surface area contributed by atoms with E-state index < -0.39 is 17.8 Å². The van der Waals surface area contributed by atoms with E-state index in [2.05, 4.69) is 5.32 Å². The molecule has 2 rings (SSSR count). The molecule has 2 N–H and O–H groups in total. The molecule has 20 heavy (non-hydrogen) atoms. The number of alkyl halides is 3. The highest BCUT2D eigenvalue weighted by atomic mass is 19.4. The molecule has 2 nitrogen and oxygen atoms in total. The monoisotopic (exact) mass is 281 g/mol. The van der Waals surface area contributed by atoms with E-state index in [0.29, 0.717) is 5.69 Å². The summed E-state index contributed by atoms with van der Waals surface area (Å²) < 4.78 is 38.8. The van der Waals surface area contributed by atoms with Crippen LogP contribution in [0.5, 0.6) is 5.75 Å². The maximum absolute atomic E-state index is 12.9. The van der Waals surface area contributed by atoms with Gasteiger partial charge in [0, 0.05) is 11.7 Å². The first-order valence-corrected chi connectivity index (χ1v) is 6.09. The minimum atomic E-state index is -4.37. The van der Waals surface area contributed by atoms with Crippen molar-refractivity contribution < 1.29 is 18.3 Å². The van der Waals surface area contributed by atoms with Crippen LogP contribution in [0.2, 0.25) is 0 Å². The maximum Gasteiger partial charge on any atom is 0.416 e. The highest BCUT2D eigenvalue weighted by molar-refractivity contribution is 5.48. The van der Waals surface area contributed by atoms with Gasteiger partial charge in [0.1, 0.15) is 5.75 Å². The van der Waals surface area contributed by atoms with E-state index in [-0.39, 0.29) is 11.3 Å². The van der Waals surface area contributed by atoms with Crippen molar-refractivity contribution in [2.24, 2.45) is 0 Å². The van der Waals surface area contributed by atoms with Crippen molar-refractivity contribution >= 4 is 5.69 Å². The summed E-state index contributed by atoms with van der Waals surface area (Å²) in [5.74, 6) is 0.110. The maximum atomic E-state index is 12.9. The fourth-order valence-corrected chi connectivity index (χ4v) is 2.02. The third-order valence-electron chi connectivity index (χ3n) is 2.98.